The summed E-state index contributed by atoms with van der Waals surface area (Å²) < 4.78 is 40.1. The van der Waals surface area contributed by atoms with E-state index >= 15 is 0 Å². The average molecular weight is 223 g/mol. The van der Waals surface area contributed by atoms with Crippen molar-refractivity contribution in [2.75, 3.05) is 6.61 Å². The maximum atomic E-state index is 11.7. The predicted octanol–water partition coefficient (Wildman–Crippen LogP) is 1.94. The van der Waals surface area contributed by atoms with Crippen molar-refractivity contribution in [1.82, 2.24) is 15.0 Å². The molecule has 4 nitrogen and oxygen atoms in total. The van der Waals surface area contributed by atoms with Gasteiger partial charge in [0, 0.05) is 0 Å². The first-order valence-corrected chi connectivity index (χ1v) is 4.49. The number of alkyl halides is 3. The zero-order valence-electron chi connectivity index (χ0n) is 8.45. The Morgan fingerprint density at radius 2 is 2.13 bits per heavy atom. The summed E-state index contributed by atoms with van der Waals surface area (Å²) in [5.41, 5.74) is 0.792. The zero-order valence-corrected chi connectivity index (χ0v) is 8.45. The largest absolute Gasteiger partial charge is 0.522 e. The van der Waals surface area contributed by atoms with Crippen LogP contribution in [0.2, 0.25) is 0 Å². The van der Waals surface area contributed by atoms with Crippen molar-refractivity contribution < 1.29 is 17.9 Å². The van der Waals surface area contributed by atoms with Crippen LogP contribution in [0.5, 0.6) is 0 Å². The highest BCUT2D eigenvalue weighted by Gasteiger charge is 2.28. The van der Waals surface area contributed by atoms with Gasteiger partial charge in [-0.3, -0.25) is 4.74 Å². The molecular formula is C8H12F3N3O. The molecule has 0 aliphatic rings. The Bertz CT molecular complexity index is 308. The van der Waals surface area contributed by atoms with Crippen LogP contribution in [0.3, 0.4) is 0 Å². The molecule has 0 aliphatic heterocycles. The fourth-order valence-corrected chi connectivity index (χ4v) is 1.13. The highest BCUT2D eigenvalue weighted by molar-refractivity contribution is 4.99. The van der Waals surface area contributed by atoms with E-state index in [2.05, 4.69) is 15.0 Å². The van der Waals surface area contributed by atoms with Crippen LogP contribution in [-0.2, 0) is 11.3 Å². The smallest absolute Gasteiger partial charge is 0.290 e. The molecule has 0 bridgehead atoms. The number of aromatic nitrogens is 3. The lowest BCUT2D eigenvalue weighted by molar-refractivity contribution is -0.325. The van der Waals surface area contributed by atoms with E-state index in [-0.39, 0.29) is 12.5 Å². The summed E-state index contributed by atoms with van der Waals surface area (Å²) in [7, 11) is 0. The first-order valence-electron chi connectivity index (χ1n) is 4.49. The molecule has 0 saturated carbocycles. The molecule has 1 heterocycles. The third-order valence-electron chi connectivity index (χ3n) is 1.81. The Labute approximate surface area is 85.0 Å². The maximum Gasteiger partial charge on any atom is 0.522 e. The van der Waals surface area contributed by atoms with Gasteiger partial charge in [-0.1, -0.05) is 19.1 Å². The molecule has 1 aromatic heterocycles. The minimum absolute atomic E-state index is 0.0486. The molecule has 0 aliphatic carbocycles. The normalized spacial score (nSPS) is 12.4. The Kier molecular flexibility index (Phi) is 3.67. The van der Waals surface area contributed by atoms with Crippen molar-refractivity contribution in [2.45, 2.75) is 32.7 Å². The third-order valence-corrected chi connectivity index (χ3v) is 1.81. The minimum atomic E-state index is -4.58. The van der Waals surface area contributed by atoms with Gasteiger partial charge in [0.15, 0.2) is 0 Å². The van der Waals surface area contributed by atoms with Crippen molar-refractivity contribution in [3.8, 4) is 0 Å². The first kappa shape index (κ1) is 12.0. The number of halogens is 3. The van der Waals surface area contributed by atoms with Gasteiger partial charge >= 0.3 is 6.36 Å². The highest BCUT2D eigenvalue weighted by atomic mass is 19.4. The molecule has 0 radical (unpaired) electrons. The summed E-state index contributed by atoms with van der Waals surface area (Å²) in [5.74, 6) is 0.172. The molecule has 7 heteroatoms. The van der Waals surface area contributed by atoms with E-state index in [0.29, 0.717) is 0 Å². The van der Waals surface area contributed by atoms with Gasteiger partial charge in [-0.25, -0.2) is 4.68 Å². The first-order chi connectivity index (χ1) is 6.90. The molecule has 0 N–H and O–H groups in total. The molecule has 0 amide bonds. The zero-order chi connectivity index (χ0) is 11.5. The van der Waals surface area contributed by atoms with Crippen LogP contribution in [0.4, 0.5) is 13.2 Å². The minimum Gasteiger partial charge on any atom is -0.290 e. The van der Waals surface area contributed by atoms with Crippen LogP contribution in [0.1, 0.15) is 25.5 Å². The van der Waals surface area contributed by atoms with Gasteiger partial charge < -0.3 is 0 Å². The van der Waals surface area contributed by atoms with E-state index in [9.17, 15) is 13.2 Å². The monoisotopic (exact) mass is 223 g/mol. The van der Waals surface area contributed by atoms with Crippen LogP contribution in [0.15, 0.2) is 6.20 Å². The lowest BCUT2D eigenvalue weighted by atomic mass is 10.1. The second-order valence-corrected chi connectivity index (χ2v) is 3.33. The van der Waals surface area contributed by atoms with Gasteiger partial charge in [0.2, 0.25) is 0 Å². The SMILES string of the molecule is CC(C)c1cnnn1CCOC(F)(F)F. The molecule has 1 aromatic rings. The molecule has 86 valence electrons. The molecule has 0 atom stereocenters. The number of hydrogen-bond acceptors (Lipinski definition) is 3. The number of nitrogens with zero attached hydrogens (tertiary/aromatic N) is 3. The summed E-state index contributed by atoms with van der Waals surface area (Å²) in [6.07, 6.45) is -3.04. The van der Waals surface area contributed by atoms with Crippen molar-refractivity contribution >= 4 is 0 Å². The molecule has 1 rings (SSSR count). The van der Waals surface area contributed by atoms with Gasteiger partial charge in [0.05, 0.1) is 25.0 Å². The lowest BCUT2D eigenvalue weighted by Crippen LogP contribution is -2.19. The van der Waals surface area contributed by atoms with Crippen LogP contribution >= 0.6 is 0 Å². The Morgan fingerprint density at radius 3 is 2.67 bits per heavy atom. The summed E-state index contributed by atoms with van der Waals surface area (Å²) in [6.45, 7) is 3.43. The van der Waals surface area contributed by atoms with E-state index in [1.54, 1.807) is 0 Å². The Balaban J connectivity index is 2.47. The van der Waals surface area contributed by atoms with Gasteiger partial charge in [-0.15, -0.1) is 18.3 Å². The molecule has 0 fully saturated rings. The summed E-state index contributed by atoms with van der Waals surface area (Å²) in [5, 5.41) is 7.31. The third kappa shape index (κ3) is 3.86. The van der Waals surface area contributed by atoms with Crippen LogP contribution in [0, 0.1) is 0 Å². The van der Waals surface area contributed by atoms with Crippen molar-refractivity contribution in [3.63, 3.8) is 0 Å². The fraction of sp³-hybridized carbons (Fsp3) is 0.750. The average Bonchev–Trinajstić information content (AvgIpc) is 2.49. The van der Waals surface area contributed by atoms with Crippen molar-refractivity contribution in [3.05, 3.63) is 11.9 Å². The van der Waals surface area contributed by atoms with E-state index in [1.807, 2.05) is 13.8 Å². The van der Waals surface area contributed by atoms with E-state index in [0.717, 1.165) is 5.69 Å². The van der Waals surface area contributed by atoms with Crippen molar-refractivity contribution in [1.29, 1.82) is 0 Å². The Morgan fingerprint density at radius 1 is 1.47 bits per heavy atom. The molecule has 0 saturated heterocycles. The summed E-state index contributed by atoms with van der Waals surface area (Å²) in [6, 6.07) is 0. The topological polar surface area (TPSA) is 39.9 Å². The number of hydrogen-bond donors (Lipinski definition) is 0. The standard InChI is InChI=1S/C8H12F3N3O/c1-6(2)7-5-12-13-14(7)3-4-15-8(9,10)11/h5-6H,3-4H2,1-2H3. The highest BCUT2D eigenvalue weighted by Crippen LogP contribution is 2.16. The quantitative estimate of drug-likeness (QED) is 0.783. The second-order valence-electron chi connectivity index (χ2n) is 3.33. The van der Waals surface area contributed by atoms with Gasteiger partial charge in [0.1, 0.15) is 0 Å². The van der Waals surface area contributed by atoms with E-state index in [1.165, 1.54) is 10.9 Å². The maximum absolute atomic E-state index is 11.7. The van der Waals surface area contributed by atoms with Crippen LogP contribution in [-0.4, -0.2) is 28.0 Å². The molecular weight excluding hydrogens is 211 g/mol. The van der Waals surface area contributed by atoms with Crippen molar-refractivity contribution in [2.24, 2.45) is 0 Å². The van der Waals surface area contributed by atoms with Gasteiger partial charge in [0.25, 0.3) is 0 Å². The predicted molar refractivity (Wildman–Crippen MR) is 46.1 cm³/mol. The van der Waals surface area contributed by atoms with E-state index in [4.69, 9.17) is 0 Å². The number of rotatable bonds is 4. The lowest BCUT2D eigenvalue weighted by Gasteiger charge is -2.10. The number of ether oxygens (including phenoxy) is 1. The van der Waals surface area contributed by atoms with Gasteiger partial charge in [-0.05, 0) is 5.92 Å². The molecule has 0 spiro atoms. The summed E-state index contributed by atoms with van der Waals surface area (Å²) in [4.78, 5) is 0. The molecule has 0 aromatic carbocycles. The molecule has 15 heavy (non-hydrogen) atoms. The van der Waals surface area contributed by atoms with Crippen LogP contribution < -0.4 is 0 Å². The van der Waals surface area contributed by atoms with Crippen LogP contribution in [0.25, 0.3) is 0 Å². The summed E-state index contributed by atoms with van der Waals surface area (Å²) >= 11 is 0. The fourth-order valence-electron chi connectivity index (χ4n) is 1.13. The van der Waals surface area contributed by atoms with Gasteiger partial charge in [-0.2, -0.15) is 0 Å². The molecule has 0 unspecified atom stereocenters. The second kappa shape index (κ2) is 4.61. The Hall–Kier alpha value is -1.11. The van der Waals surface area contributed by atoms with E-state index < -0.39 is 13.0 Å².